The van der Waals surface area contributed by atoms with Gasteiger partial charge < -0.3 is 21.9 Å². The largest absolute Gasteiger partial charge is 0.479 e. The van der Waals surface area contributed by atoms with Gasteiger partial charge in [0.1, 0.15) is 5.84 Å². The van der Waals surface area contributed by atoms with Crippen LogP contribution in [-0.2, 0) is 11.2 Å². The van der Waals surface area contributed by atoms with Gasteiger partial charge in [-0.3, -0.25) is 10.3 Å². The highest BCUT2D eigenvalue weighted by molar-refractivity contribution is 5.95. The van der Waals surface area contributed by atoms with Gasteiger partial charge in [-0.05, 0) is 61.7 Å². The summed E-state index contributed by atoms with van der Waals surface area (Å²) in [5.74, 6) is -1.09. The average Bonchev–Trinajstić information content (AvgIpc) is 2.66. The van der Waals surface area contributed by atoms with Crippen molar-refractivity contribution in [2.24, 2.45) is 11.5 Å². The van der Waals surface area contributed by atoms with Crippen LogP contribution in [0.15, 0.2) is 42.5 Å². The maximum Gasteiger partial charge on any atom is 0.330 e. The number of hydrogen-bond acceptors (Lipinski definition) is 4. The number of carboxylic acids is 1. The third-order valence-electron chi connectivity index (χ3n) is 4.59. The standard InChI is InChI=1S/C21H27N5O3/c1-4-13-11-15(7-10-17(13)26(12(2)3)21(24)29)18(20(27)28)25-16-8-5-14(6-9-16)19(22)23/h5-12,18,25H,4H2,1-3H3,(H3,22,23)(H2,24,29)(H,27,28). The van der Waals surface area contributed by atoms with Crippen molar-refractivity contribution in [3.63, 3.8) is 0 Å². The number of hydrogen-bond donors (Lipinski definition) is 5. The fourth-order valence-electron chi connectivity index (χ4n) is 3.15. The molecule has 7 N–H and O–H groups in total. The number of aliphatic carboxylic acids is 1. The van der Waals surface area contributed by atoms with Crippen molar-refractivity contribution in [2.75, 3.05) is 10.2 Å². The molecule has 8 heteroatoms. The van der Waals surface area contributed by atoms with Crippen LogP contribution in [0, 0.1) is 5.41 Å². The summed E-state index contributed by atoms with van der Waals surface area (Å²) in [4.78, 5) is 25.3. The molecule has 1 unspecified atom stereocenters. The van der Waals surface area contributed by atoms with Gasteiger partial charge in [0.2, 0.25) is 0 Å². The second-order valence-corrected chi connectivity index (χ2v) is 6.95. The Morgan fingerprint density at radius 1 is 1.14 bits per heavy atom. The summed E-state index contributed by atoms with van der Waals surface area (Å²) in [6.45, 7) is 5.67. The van der Waals surface area contributed by atoms with E-state index in [0.29, 0.717) is 28.9 Å². The zero-order valence-electron chi connectivity index (χ0n) is 16.8. The van der Waals surface area contributed by atoms with Crippen LogP contribution in [0.2, 0.25) is 0 Å². The summed E-state index contributed by atoms with van der Waals surface area (Å²) >= 11 is 0. The van der Waals surface area contributed by atoms with E-state index in [1.54, 1.807) is 42.5 Å². The van der Waals surface area contributed by atoms with Crippen molar-refractivity contribution in [1.82, 2.24) is 0 Å². The van der Waals surface area contributed by atoms with E-state index in [1.165, 1.54) is 4.90 Å². The number of carbonyl (C=O) groups is 2. The lowest BCUT2D eigenvalue weighted by atomic mass is 9.99. The summed E-state index contributed by atoms with van der Waals surface area (Å²) in [5.41, 5.74) is 14.2. The molecule has 2 aromatic carbocycles. The normalized spacial score (nSPS) is 11.7. The van der Waals surface area contributed by atoms with Crippen LogP contribution in [0.25, 0.3) is 0 Å². The molecule has 0 fully saturated rings. The van der Waals surface area contributed by atoms with Crippen LogP contribution in [0.5, 0.6) is 0 Å². The molecule has 29 heavy (non-hydrogen) atoms. The molecule has 0 radical (unpaired) electrons. The van der Waals surface area contributed by atoms with E-state index >= 15 is 0 Å². The Morgan fingerprint density at radius 3 is 2.21 bits per heavy atom. The third-order valence-corrected chi connectivity index (χ3v) is 4.59. The zero-order valence-corrected chi connectivity index (χ0v) is 16.8. The molecule has 0 heterocycles. The second kappa shape index (κ2) is 9.09. The minimum absolute atomic E-state index is 0.0568. The van der Waals surface area contributed by atoms with E-state index in [1.807, 2.05) is 20.8 Å². The zero-order chi connectivity index (χ0) is 21.7. The van der Waals surface area contributed by atoms with E-state index in [0.717, 1.165) is 5.56 Å². The Balaban J connectivity index is 2.39. The minimum atomic E-state index is -1.04. The molecule has 0 saturated heterocycles. The lowest BCUT2D eigenvalue weighted by Crippen LogP contribution is -2.41. The van der Waals surface area contributed by atoms with Crippen molar-refractivity contribution in [2.45, 2.75) is 39.3 Å². The smallest absolute Gasteiger partial charge is 0.330 e. The van der Waals surface area contributed by atoms with Crippen molar-refractivity contribution in [1.29, 1.82) is 5.41 Å². The lowest BCUT2D eigenvalue weighted by molar-refractivity contribution is -0.138. The van der Waals surface area contributed by atoms with Gasteiger partial charge in [0.25, 0.3) is 0 Å². The Kier molecular flexibility index (Phi) is 6.82. The van der Waals surface area contributed by atoms with E-state index in [-0.39, 0.29) is 11.9 Å². The Labute approximate surface area is 170 Å². The molecule has 0 aliphatic heterocycles. The molecule has 2 rings (SSSR count). The highest BCUT2D eigenvalue weighted by atomic mass is 16.4. The Hall–Kier alpha value is -3.55. The molecule has 0 spiro atoms. The average molecular weight is 397 g/mol. The maximum absolute atomic E-state index is 11.9. The van der Waals surface area contributed by atoms with E-state index in [2.05, 4.69) is 5.32 Å². The van der Waals surface area contributed by atoms with Crippen molar-refractivity contribution in [3.8, 4) is 0 Å². The second-order valence-electron chi connectivity index (χ2n) is 6.95. The molecule has 0 aliphatic rings. The number of nitrogens with one attached hydrogen (secondary N) is 2. The summed E-state index contributed by atoms with van der Waals surface area (Å²) < 4.78 is 0. The van der Waals surface area contributed by atoms with E-state index < -0.39 is 18.0 Å². The number of amidine groups is 1. The van der Waals surface area contributed by atoms with Crippen LogP contribution < -0.4 is 21.7 Å². The summed E-state index contributed by atoms with van der Waals surface area (Å²) in [5, 5.41) is 20.2. The first kappa shape index (κ1) is 21.7. The number of nitrogens with zero attached hydrogens (tertiary/aromatic N) is 1. The monoisotopic (exact) mass is 397 g/mol. The predicted molar refractivity (Wildman–Crippen MR) is 114 cm³/mol. The third kappa shape index (κ3) is 5.04. The van der Waals surface area contributed by atoms with Gasteiger partial charge in [0.05, 0.1) is 0 Å². The van der Waals surface area contributed by atoms with Gasteiger partial charge in [-0.1, -0.05) is 19.1 Å². The Morgan fingerprint density at radius 2 is 1.76 bits per heavy atom. The van der Waals surface area contributed by atoms with Gasteiger partial charge in [-0.15, -0.1) is 0 Å². The van der Waals surface area contributed by atoms with E-state index in [4.69, 9.17) is 16.9 Å². The van der Waals surface area contributed by atoms with Gasteiger partial charge in [0, 0.05) is 23.0 Å². The number of anilines is 2. The predicted octanol–water partition coefficient (Wildman–Crippen LogP) is 3.06. The fourth-order valence-corrected chi connectivity index (χ4v) is 3.15. The number of carbonyl (C=O) groups excluding carboxylic acids is 1. The molecule has 0 saturated carbocycles. The minimum Gasteiger partial charge on any atom is -0.479 e. The van der Waals surface area contributed by atoms with Gasteiger partial charge in [0.15, 0.2) is 6.04 Å². The van der Waals surface area contributed by atoms with Crippen molar-refractivity contribution < 1.29 is 14.7 Å². The van der Waals surface area contributed by atoms with Crippen LogP contribution in [-0.4, -0.2) is 29.0 Å². The first-order chi connectivity index (χ1) is 13.6. The van der Waals surface area contributed by atoms with Gasteiger partial charge in [-0.2, -0.15) is 0 Å². The first-order valence-electron chi connectivity index (χ1n) is 9.31. The number of nitrogens with two attached hydrogens (primary N) is 2. The lowest BCUT2D eigenvalue weighted by Gasteiger charge is -2.28. The molecule has 2 aromatic rings. The van der Waals surface area contributed by atoms with Gasteiger partial charge >= 0.3 is 12.0 Å². The van der Waals surface area contributed by atoms with Crippen molar-refractivity contribution >= 4 is 29.2 Å². The van der Waals surface area contributed by atoms with Crippen LogP contribution in [0.4, 0.5) is 16.2 Å². The quantitative estimate of drug-likeness (QED) is 0.343. The molecule has 0 bridgehead atoms. The molecule has 154 valence electrons. The molecule has 0 aromatic heterocycles. The number of aryl methyl sites for hydroxylation is 1. The number of carboxylic acid groups (broad SMARTS) is 1. The van der Waals surface area contributed by atoms with Crippen LogP contribution >= 0.6 is 0 Å². The van der Waals surface area contributed by atoms with Gasteiger partial charge in [-0.25, -0.2) is 9.59 Å². The first-order valence-corrected chi connectivity index (χ1v) is 9.31. The molecule has 1 atom stereocenters. The highest BCUT2D eigenvalue weighted by Gasteiger charge is 2.24. The molecular formula is C21H27N5O3. The van der Waals surface area contributed by atoms with E-state index in [9.17, 15) is 14.7 Å². The summed E-state index contributed by atoms with van der Waals surface area (Å²) in [7, 11) is 0. The Bertz CT molecular complexity index is 909. The number of primary amides is 1. The van der Waals surface area contributed by atoms with Crippen molar-refractivity contribution in [3.05, 3.63) is 59.2 Å². The number of nitrogen functional groups attached to an aromatic ring is 1. The molecule has 8 nitrogen and oxygen atoms in total. The molecule has 0 aliphatic carbocycles. The number of amides is 2. The number of urea groups is 1. The fraction of sp³-hybridized carbons (Fsp3) is 0.286. The number of benzene rings is 2. The van der Waals surface area contributed by atoms with Crippen LogP contribution in [0.3, 0.4) is 0 Å². The highest BCUT2D eigenvalue weighted by Crippen LogP contribution is 2.29. The van der Waals surface area contributed by atoms with Crippen LogP contribution in [0.1, 0.15) is 43.5 Å². The molecule has 2 amide bonds. The SMILES string of the molecule is CCc1cc(C(Nc2ccc(C(=N)N)cc2)C(=O)O)ccc1N(C(N)=O)C(C)C. The topological polar surface area (TPSA) is 146 Å². The molecular weight excluding hydrogens is 370 g/mol. The summed E-state index contributed by atoms with van der Waals surface area (Å²) in [6.07, 6.45) is 0.610. The number of rotatable bonds is 8. The summed E-state index contributed by atoms with van der Waals surface area (Å²) in [6, 6.07) is 10.2. The maximum atomic E-state index is 11.9.